The van der Waals surface area contributed by atoms with Crippen molar-refractivity contribution in [3.05, 3.63) is 0 Å². The van der Waals surface area contributed by atoms with Crippen LogP contribution < -0.4 is 0 Å². The van der Waals surface area contributed by atoms with E-state index >= 15 is 0 Å². The normalized spacial score (nSPS) is 14.8. The van der Waals surface area contributed by atoms with Gasteiger partial charge in [-0.25, -0.2) is 10.0 Å². The molecule has 0 heterocycles. The number of hydrogen-bond donors (Lipinski definition) is 0. The average Bonchev–Trinajstić information content (AvgIpc) is 1.85. The van der Waals surface area contributed by atoms with Crippen molar-refractivity contribution in [2.24, 2.45) is 0 Å². The summed E-state index contributed by atoms with van der Waals surface area (Å²) in [6.07, 6.45) is 9.13. The van der Waals surface area contributed by atoms with Crippen molar-refractivity contribution in [3.63, 3.8) is 0 Å². The standard InChI is InChI=1S/C11H26S/c1-7-8-9-10-12(5,6)11(2,3)4/h7-10H2,1-6H3. The van der Waals surface area contributed by atoms with E-state index in [1.54, 1.807) is 0 Å². The van der Waals surface area contributed by atoms with Crippen molar-refractivity contribution in [1.29, 1.82) is 0 Å². The van der Waals surface area contributed by atoms with E-state index in [0.29, 0.717) is 4.75 Å². The fraction of sp³-hybridized carbons (Fsp3) is 1.00. The molecule has 0 aromatic heterocycles. The first kappa shape index (κ1) is 12.3. The van der Waals surface area contributed by atoms with Gasteiger partial charge in [0.1, 0.15) is 0 Å². The first-order valence-electron chi connectivity index (χ1n) is 5.02. The van der Waals surface area contributed by atoms with Gasteiger partial charge in [-0.3, -0.25) is 0 Å². The Morgan fingerprint density at radius 2 is 1.50 bits per heavy atom. The van der Waals surface area contributed by atoms with Gasteiger partial charge in [0, 0.05) is 0 Å². The maximum absolute atomic E-state index is 2.47. The summed E-state index contributed by atoms with van der Waals surface area (Å²) in [6.45, 7) is 9.43. The lowest BCUT2D eigenvalue weighted by Gasteiger charge is -2.44. The first-order valence-corrected chi connectivity index (χ1v) is 7.63. The van der Waals surface area contributed by atoms with Gasteiger partial charge in [0.2, 0.25) is 0 Å². The lowest BCUT2D eigenvalue weighted by atomic mass is 10.3. The molecule has 0 atom stereocenters. The third kappa shape index (κ3) is 3.84. The topological polar surface area (TPSA) is 0 Å². The molecular formula is C11H26S. The van der Waals surface area contributed by atoms with Crippen LogP contribution in [-0.2, 0) is 0 Å². The quantitative estimate of drug-likeness (QED) is 0.587. The van der Waals surface area contributed by atoms with Crippen molar-refractivity contribution >= 4 is 10.0 Å². The molecule has 76 valence electrons. The molecule has 0 amide bonds. The Kier molecular flexibility index (Phi) is 4.68. The molecule has 0 saturated heterocycles. The number of rotatable bonds is 4. The maximum Gasteiger partial charge on any atom is -0.00872 e. The fourth-order valence-corrected chi connectivity index (χ4v) is 2.56. The van der Waals surface area contributed by atoms with E-state index in [0.717, 1.165) is 0 Å². The molecule has 0 nitrogen and oxygen atoms in total. The molecule has 0 spiro atoms. The molecule has 0 fully saturated rings. The Labute approximate surface area is 80.4 Å². The van der Waals surface area contributed by atoms with Gasteiger partial charge < -0.3 is 0 Å². The molecule has 0 unspecified atom stereocenters. The van der Waals surface area contributed by atoms with E-state index in [-0.39, 0.29) is 10.0 Å². The van der Waals surface area contributed by atoms with E-state index in [9.17, 15) is 0 Å². The highest BCUT2D eigenvalue weighted by Crippen LogP contribution is 2.53. The lowest BCUT2D eigenvalue weighted by Crippen LogP contribution is -2.25. The van der Waals surface area contributed by atoms with Crippen LogP contribution in [0.15, 0.2) is 0 Å². The summed E-state index contributed by atoms with van der Waals surface area (Å²) >= 11 is 0. The van der Waals surface area contributed by atoms with Crippen LogP contribution in [0.3, 0.4) is 0 Å². The minimum absolute atomic E-state index is 0.370. The molecule has 0 aliphatic heterocycles. The summed E-state index contributed by atoms with van der Waals surface area (Å²) in [7, 11) is -0.370. The zero-order valence-electron chi connectivity index (χ0n) is 9.74. The Morgan fingerprint density at radius 3 is 1.83 bits per heavy atom. The van der Waals surface area contributed by atoms with Gasteiger partial charge in [0.05, 0.1) is 0 Å². The molecule has 0 rings (SSSR count). The molecule has 0 radical (unpaired) electrons. The molecule has 12 heavy (non-hydrogen) atoms. The van der Waals surface area contributed by atoms with Crippen molar-refractivity contribution in [2.45, 2.75) is 51.7 Å². The van der Waals surface area contributed by atoms with Crippen LogP contribution in [0.2, 0.25) is 0 Å². The molecule has 0 saturated carbocycles. The second-order valence-electron chi connectivity index (χ2n) is 5.06. The van der Waals surface area contributed by atoms with E-state index < -0.39 is 0 Å². The highest BCUT2D eigenvalue weighted by molar-refractivity contribution is 8.33. The zero-order valence-corrected chi connectivity index (χ0v) is 10.6. The van der Waals surface area contributed by atoms with Gasteiger partial charge in [-0.05, 0) is 29.4 Å². The SMILES string of the molecule is CCCCCS(C)(C)C(C)(C)C. The van der Waals surface area contributed by atoms with Crippen LogP contribution in [0.1, 0.15) is 47.0 Å². The largest absolute Gasteiger partial charge is 0.242 e. The molecule has 0 N–H and O–H groups in total. The summed E-state index contributed by atoms with van der Waals surface area (Å²) in [5.74, 6) is 1.45. The van der Waals surface area contributed by atoms with Gasteiger partial charge >= 0.3 is 0 Å². The van der Waals surface area contributed by atoms with Gasteiger partial charge in [-0.1, -0.05) is 40.5 Å². The highest BCUT2D eigenvalue weighted by Gasteiger charge is 2.26. The van der Waals surface area contributed by atoms with Crippen molar-refractivity contribution < 1.29 is 0 Å². The van der Waals surface area contributed by atoms with Crippen LogP contribution >= 0.6 is 10.0 Å². The summed E-state index contributed by atoms with van der Waals surface area (Å²) in [5, 5.41) is 0. The maximum atomic E-state index is 2.47. The number of hydrogen-bond acceptors (Lipinski definition) is 0. The zero-order chi connectivity index (χ0) is 9.83. The minimum atomic E-state index is -0.370. The average molecular weight is 190 g/mol. The smallest absolute Gasteiger partial charge is 0.00872 e. The highest BCUT2D eigenvalue weighted by atomic mass is 32.3. The first-order chi connectivity index (χ1) is 5.31. The molecule has 0 bridgehead atoms. The van der Waals surface area contributed by atoms with Crippen molar-refractivity contribution in [2.75, 3.05) is 18.3 Å². The summed E-state index contributed by atoms with van der Waals surface area (Å²) in [5.41, 5.74) is 0. The summed E-state index contributed by atoms with van der Waals surface area (Å²) in [6, 6.07) is 0. The lowest BCUT2D eigenvalue weighted by molar-refractivity contribution is 0.751. The van der Waals surface area contributed by atoms with Gasteiger partial charge in [-0.15, -0.1) is 0 Å². The predicted octanol–water partition coefficient (Wildman–Crippen LogP) is 4.04. The molecule has 0 aromatic rings. The summed E-state index contributed by atoms with van der Waals surface area (Å²) in [4.78, 5) is 0. The molecule has 0 aliphatic carbocycles. The van der Waals surface area contributed by atoms with Crippen LogP contribution in [0.5, 0.6) is 0 Å². The van der Waals surface area contributed by atoms with Crippen molar-refractivity contribution in [1.82, 2.24) is 0 Å². The monoisotopic (exact) mass is 190 g/mol. The third-order valence-electron chi connectivity index (χ3n) is 2.92. The van der Waals surface area contributed by atoms with Crippen molar-refractivity contribution in [3.8, 4) is 0 Å². The Bertz CT molecular complexity index is 119. The van der Waals surface area contributed by atoms with E-state index in [1.807, 2.05) is 0 Å². The summed E-state index contributed by atoms with van der Waals surface area (Å²) < 4.78 is 0.529. The number of unbranched alkanes of at least 4 members (excludes halogenated alkanes) is 2. The molecular weight excluding hydrogens is 164 g/mol. The Morgan fingerprint density at radius 1 is 1.00 bits per heavy atom. The van der Waals surface area contributed by atoms with Gasteiger partial charge in [0.15, 0.2) is 0 Å². The van der Waals surface area contributed by atoms with Crippen LogP contribution in [0.4, 0.5) is 0 Å². The van der Waals surface area contributed by atoms with E-state index in [1.165, 1.54) is 25.0 Å². The van der Waals surface area contributed by atoms with Gasteiger partial charge in [0.25, 0.3) is 0 Å². The van der Waals surface area contributed by atoms with Crippen LogP contribution in [0.25, 0.3) is 0 Å². The Balaban J connectivity index is 3.88. The molecule has 0 aliphatic rings. The van der Waals surface area contributed by atoms with Crippen LogP contribution in [-0.4, -0.2) is 23.0 Å². The van der Waals surface area contributed by atoms with E-state index in [4.69, 9.17) is 0 Å². The predicted molar refractivity (Wildman–Crippen MR) is 63.6 cm³/mol. The molecule has 0 aromatic carbocycles. The van der Waals surface area contributed by atoms with E-state index in [2.05, 4.69) is 40.2 Å². The third-order valence-corrected chi connectivity index (χ3v) is 7.54. The Hall–Kier alpha value is 0.350. The fourth-order valence-electron chi connectivity index (χ4n) is 1.02. The second kappa shape index (κ2) is 4.55. The second-order valence-corrected chi connectivity index (χ2v) is 9.77. The minimum Gasteiger partial charge on any atom is -0.242 e. The molecule has 1 heteroatoms. The van der Waals surface area contributed by atoms with Gasteiger partial charge in [-0.2, -0.15) is 0 Å². The van der Waals surface area contributed by atoms with Crippen LogP contribution in [0, 0.1) is 0 Å².